The van der Waals surface area contributed by atoms with Crippen LogP contribution in [0.1, 0.15) is 12.5 Å². The SMILES string of the molecule is CCNC(=NCc1ccc(OC)cc1OC)NCC(=O)Nc1ccc(F)c(F)c1F. The predicted octanol–water partition coefficient (Wildman–Crippen LogP) is 2.81. The highest BCUT2D eigenvalue weighted by molar-refractivity contribution is 5.95. The zero-order chi connectivity index (χ0) is 22.1. The number of nitrogens with one attached hydrogen (secondary N) is 3. The van der Waals surface area contributed by atoms with Gasteiger partial charge in [0.25, 0.3) is 0 Å². The highest BCUT2D eigenvalue weighted by Gasteiger charge is 2.15. The third kappa shape index (κ3) is 6.03. The van der Waals surface area contributed by atoms with Crippen LogP contribution in [0.3, 0.4) is 0 Å². The van der Waals surface area contributed by atoms with E-state index in [4.69, 9.17) is 9.47 Å². The number of nitrogens with zero attached hydrogens (tertiary/aromatic N) is 1. The predicted molar refractivity (Wildman–Crippen MR) is 107 cm³/mol. The number of carbonyl (C=O) groups excluding carboxylic acids is 1. The fraction of sp³-hybridized carbons (Fsp3) is 0.300. The Labute approximate surface area is 172 Å². The minimum absolute atomic E-state index is 0.252. The quantitative estimate of drug-likeness (QED) is 0.345. The third-order valence-corrected chi connectivity index (χ3v) is 3.97. The number of benzene rings is 2. The molecule has 30 heavy (non-hydrogen) atoms. The maximum absolute atomic E-state index is 13.7. The second-order valence-corrected chi connectivity index (χ2v) is 6.00. The topological polar surface area (TPSA) is 84.0 Å². The molecule has 0 saturated heterocycles. The van der Waals surface area contributed by atoms with Gasteiger partial charge in [-0.2, -0.15) is 0 Å². The van der Waals surface area contributed by atoms with Crippen LogP contribution < -0.4 is 25.4 Å². The molecule has 2 aromatic carbocycles. The summed E-state index contributed by atoms with van der Waals surface area (Å²) in [6.45, 7) is 2.36. The van der Waals surface area contributed by atoms with Crippen LogP contribution in [-0.4, -0.2) is 39.2 Å². The van der Waals surface area contributed by atoms with Gasteiger partial charge in [-0.1, -0.05) is 0 Å². The molecule has 10 heteroatoms. The van der Waals surface area contributed by atoms with Crippen molar-refractivity contribution in [3.8, 4) is 11.5 Å². The van der Waals surface area contributed by atoms with E-state index in [0.717, 1.165) is 17.7 Å². The Balaban J connectivity index is 2.02. The number of halogens is 3. The molecule has 0 aliphatic carbocycles. The standard InChI is InChI=1S/C20H23F3N4O3/c1-4-24-20(25-10-12-5-6-13(29-2)9-16(12)30-3)26-11-17(28)27-15-8-7-14(21)18(22)19(15)23/h5-9H,4,10-11H2,1-3H3,(H,27,28)(H2,24,25,26). The van der Waals surface area contributed by atoms with Gasteiger partial charge in [-0.05, 0) is 31.2 Å². The number of guanidine groups is 1. The van der Waals surface area contributed by atoms with Gasteiger partial charge in [-0.15, -0.1) is 0 Å². The van der Waals surface area contributed by atoms with Gasteiger partial charge in [0.1, 0.15) is 11.5 Å². The Morgan fingerprint density at radius 3 is 2.47 bits per heavy atom. The number of methoxy groups -OCH3 is 2. The lowest BCUT2D eigenvalue weighted by Gasteiger charge is -2.13. The van der Waals surface area contributed by atoms with Crippen LogP contribution in [0.15, 0.2) is 35.3 Å². The van der Waals surface area contributed by atoms with Crippen LogP contribution in [0.2, 0.25) is 0 Å². The van der Waals surface area contributed by atoms with Crippen LogP contribution >= 0.6 is 0 Å². The summed E-state index contributed by atoms with van der Waals surface area (Å²) in [5.74, 6) is -3.53. The van der Waals surface area contributed by atoms with E-state index in [1.165, 1.54) is 7.11 Å². The van der Waals surface area contributed by atoms with Crippen molar-refractivity contribution in [2.75, 3.05) is 32.6 Å². The first-order chi connectivity index (χ1) is 14.4. The van der Waals surface area contributed by atoms with Crippen LogP contribution in [0.25, 0.3) is 0 Å². The molecule has 3 N–H and O–H groups in total. The Morgan fingerprint density at radius 1 is 1.03 bits per heavy atom. The molecule has 0 fully saturated rings. The van der Waals surface area contributed by atoms with Crippen molar-refractivity contribution in [3.63, 3.8) is 0 Å². The second-order valence-electron chi connectivity index (χ2n) is 6.00. The molecule has 7 nitrogen and oxygen atoms in total. The summed E-state index contributed by atoms with van der Waals surface area (Å²) in [5.41, 5.74) is 0.342. The van der Waals surface area contributed by atoms with Gasteiger partial charge in [0.05, 0.1) is 33.0 Å². The fourth-order valence-corrected chi connectivity index (χ4v) is 2.47. The molecule has 0 spiro atoms. The van der Waals surface area contributed by atoms with Crippen molar-refractivity contribution in [1.29, 1.82) is 0 Å². The number of hydrogen-bond acceptors (Lipinski definition) is 4. The van der Waals surface area contributed by atoms with E-state index in [9.17, 15) is 18.0 Å². The fourth-order valence-electron chi connectivity index (χ4n) is 2.47. The molecule has 0 bridgehead atoms. The number of amides is 1. The molecule has 0 unspecified atom stereocenters. The number of aliphatic imine (C=N–C) groups is 1. The summed E-state index contributed by atoms with van der Waals surface area (Å²) < 4.78 is 50.4. The second kappa shape index (κ2) is 10.9. The third-order valence-electron chi connectivity index (χ3n) is 3.97. The summed E-state index contributed by atoms with van der Waals surface area (Å²) in [7, 11) is 3.09. The molecule has 0 radical (unpaired) electrons. The first kappa shape index (κ1) is 22.9. The summed E-state index contributed by atoms with van der Waals surface area (Å²) in [5, 5.41) is 7.94. The Hall–Kier alpha value is -3.43. The smallest absolute Gasteiger partial charge is 0.243 e. The molecule has 0 aromatic heterocycles. The van der Waals surface area contributed by atoms with Gasteiger partial charge < -0.3 is 25.4 Å². The van der Waals surface area contributed by atoms with E-state index < -0.39 is 29.0 Å². The molecule has 162 valence electrons. The van der Waals surface area contributed by atoms with Crippen LogP contribution in [0, 0.1) is 17.5 Å². The van der Waals surface area contributed by atoms with Crippen molar-refractivity contribution >= 4 is 17.6 Å². The van der Waals surface area contributed by atoms with Gasteiger partial charge in [-0.25, -0.2) is 18.2 Å². The Kier molecular flexibility index (Phi) is 8.33. The maximum Gasteiger partial charge on any atom is 0.243 e. The molecule has 0 atom stereocenters. The number of anilines is 1. The van der Waals surface area contributed by atoms with Crippen molar-refractivity contribution in [2.45, 2.75) is 13.5 Å². The zero-order valence-electron chi connectivity index (χ0n) is 16.8. The van der Waals surface area contributed by atoms with E-state index in [2.05, 4.69) is 20.9 Å². The molecule has 0 aliphatic heterocycles. The lowest BCUT2D eigenvalue weighted by atomic mass is 10.2. The number of rotatable bonds is 8. The number of carbonyl (C=O) groups is 1. The van der Waals surface area contributed by atoms with E-state index in [1.54, 1.807) is 19.2 Å². The minimum Gasteiger partial charge on any atom is -0.497 e. The normalized spacial score (nSPS) is 11.1. The molecular weight excluding hydrogens is 401 g/mol. The summed E-state index contributed by atoms with van der Waals surface area (Å²) in [4.78, 5) is 16.4. The first-order valence-electron chi connectivity index (χ1n) is 9.06. The van der Waals surface area contributed by atoms with Gasteiger partial charge in [-0.3, -0.25) is 4.79 Å². The van der Waals surface area contributed by atoms with E-state index >= 15 is 0 Å². The van der Waals surface area contributed by atoms with Gasteiger partial charge in [0.2, 0.25) is 5.91 Å². The highest BCUT2D eigenvalue weighted by Crippen LogP contribution is 2.25. The van der Waals surface area contributed by atoms with Crippen molar-refractivity contribution < 1.29 is 27.4 Å². The lowest BCUT2D eigenvalue weighted by molar-refractivity contribution is -0.115. The molecule has 2 rings (SSSR count). The first-order valence-corrected chi connectivity index (χ1v) is 9.06. The van der Waals surface area contributed by atoms with Gasteiger partial charge in [0.15, 0.2) is 23.4 Å². The van der Waals surface area contributed by atoms with E-state index in [1.807, 2.05) is 13.0 Å². The highest BCUT2D eigenvalue weighted by atomic mass is 19.2. The van der Waals surface area contributed by atoms with Crippen molar-refractivity contribution in [2.24, 2.45) is 4.99 Å². The average molecular weight is 424 g/mol. The molecule has 0 saturated carbocycles. The van der Waals surface area contributed by atoms with Crippen LogP contribution in [0.5, 0.6) is 11.5 Å². The van der Waals surface area contributed by atoms with Crippen LogP contribution in [0.4, 0.5) is 18.9 Å². The Bertz CT molecular complexity index is 922. The largest absolute Gasteiger partial charge is 0.497 e. The number of hydrogen-bond donors (Lipinski definition) is 3. The molecular formula is C20H23F3N4O3. The van der Waals surface area contributed by atoms with E-state index in [-0.39, 0.29) is 13.1 Å². The maximum atomic E-state index is 13.7. The van der Waals surface area contributed by atoms with Crippen molar-refractivity contribution in [1.82, 2.24) is 10.6 Å². The van der Waals surface area contributed by atoms with Gasteiger partial charge >= 0.3 is 0 Å². The minimum atomic E-state index is -1.65. The van der Waals surface area contributed by atoms with Crippen LogP contribution in [-0.2, 0) is 11.3 Å². The molecule has 1 amide bonds. The molecule has 0 heterocycles. The summed E-state index contributed by atoms with van der Waals surface area (Å²) >= 11 is 0. The summed E-state index contributed by atoms with van der Waals surface area (Å²) in [6.07, 6.45) is 0. The molecule has 2 aromatic rings. The number of ether oxygens (including phenoxy) is 2. The Morgan fingerprint density at radius 2 is 1.80 bits per heavy atom. The van der Waals surface area contributed by atoms with E-state index in [0.29, 0.717) is 24.0 Å². The zero-order valence-corrected chi connectivity index (χ0v) is 16.8. The lowest BCUT2D eigenvalue weighted by Crippen LogP contribution is -2.41. The average Bonchev–Trinajstić information content (AvgIpc) is 2.75. The monoisotopic (exact) mass is 424 g/mol. The summed E-state index contributed by atoms with van der Waals surface area (Å²) in [6, 6.07) is 6.99. The molecule has 0 aliphatic rings. The van der Waals surface area contributed by atoms with Gasteiger partial charge in [0, 0.05) is 18.2 Å². The van der Waals surface area contributed by atoms with Crippen molar-refractivity contribution in [3.05, 3.63) is 53.3 Å².